The molecule has 0 saturated carbocycles. The molecule has 1 amide bonds. The Morgan fingerprint density at radius 1 is 1.29 bits per heavy atom. The number of amides is 1. The van der Waals surface area contributed by atoms with Gasteiger partial charge in [0.25, 0.3) is 0 Å². The number of rotatable bonds is 6. The molecule has 0 aliphatic rings. The van der Waals surface area contributed by atoms with Gasteiger partial charge in [0.15, 0.2) is 0 Å². The Labute approximate surface area is 141 Å². The highest BCUT2D eigenvalue weighted by Crippen LogP contribution is 2.21. The number of carbonyl (C=O) groups excluding carboxylic acids is 2. The molecule has 134 valence electrons. The predicted molar refractivity (Wildman–Crippen MR) is 86.6 cm³/mol. The van der Waals surface area contributed by atoms with Crippen LogP contribution in [0.2, 0.25) is 0 Å². The van der Waals surface area contributed by atoms with Gasteiger partial charge in [0.05, 0.1) is 13.7 Å². The monoisotopic (exact) mass is 341 g/mol. The summed E-state index contributed by atoms with van der Waals surface area (Å²) in [4.78, 5) is 23.2. The van der Waals surface area contributed by atoms with E-state index in [1.165, 1.54) is 19.2 Å². The fraction of sp³-hybridized carbons (Fsp3) is 0.529. The number of esters is 1. The number of alkyl carbamates (subject to hydrolysis) is 1. The Balaban J connectivity index is 2.54. The minimum Gasteiger partial charge on any atom is -0.492 e. The zero-order valence-electron chi connectivity index (χ0n) is 14.6. The third kappa shape index (κ3) is 6.85. The van der Waals surface area contributed by atoms with Gasteiger partial charge in [0, 0.05) is 12.5 Å². The first kappa shape index (κ1) is 19.7. The van der Waals surface area contributed by atoms with E-state index in [-0.39, 0.29) is 23.8 Å². The molecule has 0 heterocycles. The molecule has 0 unspecified atom stereocenters. The summed E-state index contributed by atoms with van der Waals surface area (Å²) in [5, 5.41) is 2.64. The minimum absolute atomic E-state index is 0.0183. The maximum absolute atomic E-state index is 13.3. The highest BCUT2D eigenvalue weighted by Gasteiger charge is 2.18. The average molecular weight is 341 g/mol. The molecular weight excluding hydrogens is 317 g/mol. The molecule has 0 spiro atoms. The van der Waals surface area contributed by atoms with Gasteiger partial charge in [-0.05, 0) is 39.0 Å². The van der Waals surface area contributed by atoms with Crippen molar-refractivity contribution in [2.75, 3.05) is 20.3 Å². The second-order valence-electron chi connectivity index (χ2n) is 6.43. The quantitative estimate of drug-likeness (QED) is 0.805. The van der Waals surface area contributed by atoms with Crippen LogP contribution in [0.1, 0.15) is 38.1 Å². The Hall–Kier alpha value is -2.31. The normalized spacial score (nSPS) is 12.2. The number of carbonyl (C=O) groups is 2. The number of halogens is 1. The fourth-order valence-corrected chi connectivity index (χ4v) is 1.76. The number of benzene rings is 1. The van der Waals surface area contributed by atoms with E-state index in [0.29, 0.717) is 6.54 Å². The zero-order chi connectivity index (χ0) is 18.3. The van der Waals surface area contributed by atoms with E-state index in [4.69, 9.17) is 9.47 Å². The minimum atomic E-state index is -0.677. The fourth-order valence-electron chi connectivity index (χ4n) is 1.76. The van der Waals surface area contributed by atoms with Gasteiger partial charge in [0.1, 0.15) is 22.7 Å². The lowest BCUT2D eigenvalue weighted by Crippen LogP contribution is -2.35. The number of hydrogen-bond donors (Lipinski definition) is 1. The summed E-state index contributed by atoms with van der Waals surface area (Å²) in [6, 6.07) is 3.63. The maximum atomic E-state index is 13.3. The largest absolute Gasteiger partial charge is 0.492 e. The molecule has 0 radical (unpaired) electrons. The van der Waals surface area contributed by atoms with E-state index in [9.17, 15) is 14.0 Å². The van der Waals surface area contributed by atoms with Crippen molar-refractivity contribution in [2.45, 2.75) is 33.3 Å². The number of ether oxygens (including phenoxy) is 3. The second-order valence-corrected chi connectivity index (χ2v) is 6.43. The molecule has 1 aromatic rings. The van der Waals surface area contributed by atoms with Crippen molar-refractivity contribution in [3.63, 3.8) is 0 Å². The molecule has 1 N–H and O–H groups in total. The van der Waals surface area contributed by atoms with Crippen molar-refractivity contribution < 1.29 is 28.2 Å². The molecule has 0 aliphatic carbocycles. The maximum Gasteiger partial charge on any atom is 0.407 e. The first-order valence-electron chi connectivity index (χ1n) is 7.60. The second kappa shape index (κ2) is 8.52. The molecular formula is C17H24FNO5. The SMILES string of the molecule is COC(=O)c1cc(F)ccc1OC[C@@H](C)CNC(=O)OC(C)(C)C. The molecule has 6 nitrogen and oxygen atoms in total. The number of methoxy groups -OCH3 is 1. The first-order chi connectivity index (χ1) is 11.1. The van der Waals surface area contributed by atoms with Crippen molar-refractivity contribution in [3.05, 3.63) is 29.6 Å². The summed E-state index contributed by atoms with van der Waals surface area (Å²) in [6.45, 7) is 7.76. The van der Waals surface area contributed by atoms with Crippen molar-refractivity contribution in [3.8, 4) is 5.75 Å². The standard InChI is InChI=1S/C17H24FNO5/c1-11(9-19-16(21)24-17(2,3)4)10-23-14-7-6-12(18)8-13(14)15(20)22-5/h6-8,11H,9-10H2,1-5H3,(H,19,21)/t11-/m0/s1. The van der Waals surface area contributed by atoms with E-state index in [1.807, 2.05) is 6.92 Å². The van der Waals surface area contributed by atoms with Crippen LogP contribution in [0.15, 0.2) is 18.2 Å². The van der Waals surface area contributed by atoms with Crippen LogP contribution in [0.5, 0.6) is 5.75 Å². The van der Waals surface area contributed by atoms with E-state index >= 15 is 0 Å². The third-order valence-corrected chi connectivity index (χ3v) is 2.86. The Morgan fingerprint density at radius 3 is 2.54 bits per heavy atom. The van der Waals surface area contributed by atoms with Crippen molar-refractivity contribution in [1.82, 2.24) is 5.32 Å². The van der Waals surface area contributed by atoms with Crippen LogP contribution < -0.4 is 10.1 Å². The molecule has 24 heavy (non-hydrogen) atoms. The van der Waals surface area contributed by atoms with E-state index in [2.05, 4.69) is 10.1 Å². The van der Waals surface area contributed by atoms with E-state index < -0.39 is 23.5 Å². The zero-order valence-corrected chi connectivity index (χ0v) is 14.6. The van der Waals surface area contributed by atoms with Crippen molar-refractivity contribution in [1.29, 1.82) is 0 Å². The summed E-state index contributed by atoms with van der Waals surface area (Å²) < 4.78 is 28.6. The van der Waals surface area contributed by atoms with Crippen LogP contribution in [-0.2, 0) is 9.47 Å². The summed E-state index contributed by atoms with van der Waals surface area (Å²) in [5.41, 5.74) is -0.544. The predicted octanol–water partition coefficient (Wildman–Crippen LogP) is 3.15. The van der Waals surface area contributed by atoms with Crippen LogP contribution >= 0.6 is 0 Å². The molecule has 0 aliphatic heterocycles. The molecule has 1 rings (SSSR count). The molecule has 1 atom stereocenters. The summed E-state index contributed by atoms with van der Waals surface area (Å²) in [5.74, 6) is -1.05. The summed E-state index contributed by atoms with van der Waals surface area (Å²) in [6.07, 6.45) is -0.508. The van der Waals surface area contributed by atoms with Gasteiger partial charge in [-0.2, -0.15) is 0 Å². The molecule has 0 aromatic heterocycles. The summed E-state index contributed by atoms with van der Waals surface area (Å²) in [7, 11) is 1.21. The van der Waals surface area contributed by atoms with Gasteiger partial charge >= 0.3 is 12.1 Å². The van der Waals surface area contributed by atoms with Crippen LogP contribution in [-0.4, -0.2) is 37.9 Å². The first-order valence-corrected chi connectivity index (χ1v) is 7.60. The number of nitrogens with one attached hydrogen (secondary N) is 1. The highest BCUT2D eigenvalue weighted by atomic mass is 19.1. The number of hydrogen-bond acceptors (Lipinski definition) is 5. The average Bonchev–Trinajstić information content (AvgIpc) is 2.49. The smallest absolute Gasteiger partial charge is 0.407 e. The lowest BCUT2D eigenvalue weighted by Gasteiger charge is -2.21. The Bertz CT molecular complexity index is 583. The van der Waals surface area contributed by atoms with Gasteiger partial charge in [-0.1, -0.05) is 6.92 Å². The Kier molecular flexibility index (Phi) is 7.00. The lowest BCUT2D eigenvalue weighted by atomic mass is 10.1. The van der Waals surface area contributed by atoms with Crippen molar-refractivity contribution >= 4 is 12.1 Å². The molecule has 0 saturated heterocycles. The molecule has 0 fully saturated rings. The van der Waals surface area contributed by atoms with Gasteiger partial charge in [-0.25, -0.2) is 14.0 Å². The third-order valence-electron chi connectivity index (χ3n) is 2.86. The van der Waals surface area contributed by atoms with Gasteiger partial charge in [0.2, 0.25) is 0 Å². The Morgan fingerprint density at radius 2 is 1.96 bits per heavy atom. The van der Waals surface area contributed by atoms with Gasteiger partial charge < -0.3 is 19.5 Å². The van der Waals surface area contributed by atoms with E-state index in [1.54, 1.807) is 20.8 Å². The molecule has 1 aromatic carbocycles. The molecule has 0 bridgehead atoms. The van der Waals surface area contributed by atoms with Crippen LogP contribution in [0.25, 0.3) is 0 Å². The van der Waals surface area contributed by atoms with Crippen LogP contribution in [0, 0.1) is 11.7 Å². The van der Waals surface area contributed by atoms with Crippen LogP contribution in [0.4, 0.5) is 9.18 Å². The van der Waals surface area contributed by atoms with E-state index in [0.717, 1.165) is 6.07 Å². The molecule has 7 heteroatoms. The van der Waals surface area contributed by atoms with Crippen molar-refractivity contribution in [2.24, 2.45) is 5.92 Å². The van der Waals surface area contributed by atoms with Gasteiger partial charge in [-0.3, -0.25) is 0 Å². The topological polar surface area (TPSA) is 73.9 Å². The lowest BCUT2D eigenvalue weighted by molar-refractivity contribution is 0.0516. The highest BCUT2D eigenvalue weighted by molar-refractivity contribution is 5.92. The van der Waals surface area contributed by atoms with Crippen LogP contribution in [0.3, 0.4) is 0 Å². The summed E-state index contributed by atoms with van der Waals surface area (Å²) >= 11 is 0. The van der Waals surface area contributed by atoms with Gasteiger partial charge in [-0.15, -0.1) is 0 Å².